The minimum Gasteiger partial charge on any atom is -0.376 e. The predicted octanol–water partition coefficient (Wildman–Crippen LogP) is 3.05. The fraction of sp³-hybridized carbons (Fsp3) is 0.385. The summed E-state index contributed by atoms with van der Waals surface area (Å²) in [6.07, 6.45) is 1.27. The molecule has 1 saturated heterocycles. The Morgan fingerprint density at radius 2 is 2.05 bits per heavy atom. The van der Waals surface area contributed by atoms with Gasteiger partial charge in [-0.2, -0.15) is 9.50 Å². The molecule has 2 aliphatic heterocycles. The molecule has 2 aliphatic rings. The highest BCUT2D eigenvalue weighted by atomic mass is 35.5. The zero-order chi connectivity index (χ0) is 27.3. The maximum atomic E-state index is 14.0. The lowest BCUT2D eigenvalue weighted by atomic mass is 10.0. The van der Waals surface area contributed by atoms with Crippen molar-refractivity contribution in [1.29, 1.82) is 0 Å². The van der Waals surface area contributed by atoms with E-state index >= 15 is 0 Å². The van der Waals surface area contributed by atoms with Gasteiger partial charge >= 0.3 is 0 Å². The van der Waals surface area contributed by atoms with Crippen molar-refractivity contribution in [1.82, 2.24) is 24.5 Å². The maximum absolute atomic E-state index is 14.0. The number of nitrogens with zero attached hydrogens (tertiary/aromatic N) is 5. The van der Waals surface area contributed by atoms with E-state index < -0.39 is 11.9 Å². The highest BCUT2D eigenvalue weighted by molar-refractivity contribution is 7.15. The third kappa shape index (κ3) is 4.62. The fourth-order valence-corrected chi connectivity index (χ4v) is 6.97. The number of anilines is 1. The average molecular weight is 589 g/mol. The van der Waals surface area contributed by atoms with Gasteiger partial charge in [-0.3, -0.25) is 14.2 Å². The summed E-state index contributed by atoms with van der Waals surface area (Å²) in [6.45, 7) is 5.89. The fourth-order valence-electron chi connectivity index (χ4n) is 5.37. The highest BCUT2D eigenvalue weighted by Crippen LogP contribution is 2.35. The van der Waals surface area contributed by atoms with Crippen LogP contribution in [0.5, 0.6) is 0 Å². The summed E-state index contributed by atoms with van der Waals surface area (Å²) in [5.41, 5.74) is 8.56. The molecule has 10 nitrogen and oxygen atoms in total. The van der Waals surface area contributed by atoms with Crippen LogP contribution in [0.1, 0.15) is 34.7 Å². The molecule has 1 unspecified atom stereocenters. The van der Waals surface area contributed by atoms with Crippen molar-refractivity contribution in [2.45, 2.75) is 32.4 Å². The van der Waals surface area contributed by atoms with Gasteiger partial charge in [0, 0.05) is 46.7 Å². The van der Waals surface area contributed by atoms with Crippen molar-refractivity contribution >= 4 is 51.9 Å². The first-order chi connectivity index (χ1) is 18.9. The normalized spacial score (nSPS) is 16.4. The van der Waals surface area contributed by atoms with E-state index in [2.05, 4.69) is 16.5 Å². The van der Waals surface area contributed by atoms with Gasteiger partial charge in [0.2, 0.25) is 11.7 Å². The summed E-state index contributed by atoms with van der Waals surface area (Å²) in [5, 5.41) is 8.73. The number of carbonyl (C=O) groups is 1. The minimum atomic E-state index is -1.04. The van der Waals surface area contributed by atoms with Crippen molar-refractivity contribution in [3.63, 3.8) is 0 Å². The topological polar surface area (TPSA) is 120 Å². The molecule has 204 valence electrons. The van der Waals surface area contributed by atoms with Crippen LogP contribution in [-0.4, -0.2) is 57.9 Å². The lowest BCUT2D eigenvalue weighted by Gasteiger charge is -2.32. The van der Waals surface area contributed by atoms with E-state index in [1.165, 1.54) is 10.1 Å². The van der Waals surface area contributed by atoms with Crippen LogP contribution in [0.3, 0.4) is 0 Å². The SMILES string of the molecule is CCc1c(N2CCNCC2)c(=O)n2nc(-c3cc4c(s3)COCC4)nc2n1C(C(N)=O)c1ccc(Cl)cc1Cl. The van der Waals surface area contributed by atoms with Crippen molar-refractivity contribution in [3.8, 4) is 10.7 Å². The number of hydrogen-bond donors (Lipinski definition) is 2. The number of fused-ring (bicyclic) bond motifs is 2. The quantitative estimate of drug-likeness (QED) is 0.356. The number of benzene rings is 1. The number of ether oxygens (including phenoxy) is 1. The summed E-state index contributed by atoms with van der Waals surface area (Å²) >= 11 is 14.3. The Labute approximate surface area is 238 Å². The number of amides is 1. The molecule has 0 saturated carbocycles. The van der Waals surface area contributed by atoms with Gasteiger partial charge in [0.15, 0.2) is 5.82 Å². The Kier molecular flexibility index (Phi) is 7.11. The Bertz CT molecular complexity index is 1620. The van der Waals surface area contributed by atoms with Crippen LogP contribution in [0, 0.1) is 0 Å². The second-order valence-corrected chi connectivity index (χ2v) is 11.5. The van der Waals surface area contributed by atoms with Gasteiger partial charge in [0.05, 0.1) is 23.8 Å². The molecule has 4 aromatic rings. The third-order valence-corrected chi connectivity index (χ3v) is 8.89. The van der Waals surface area contributed by atoms with Crippen molar-refractivity contribution < 1.29 is 9.53 Å². The van der Waals surface area contributed by atoms with E-state index in [9.17, 15) is 9.59 Å². The average Bonchev–Trinajstić information content (AvgIpc) is 3.56. The zero-order valence-corrected chi connectivity index (χ0v) is 23.6. The molecule has 3 N–H and O–H groups in total. The van der Waals surface area contributed by atoms with E-state index in [1.807, 2.05) is 11.8 Å². The number of carbonyl (C=O) groups excluding carboxylic acids is 1. The Hall–Kier alpha value is -2.96. The molecular weight excluding hydrogens is 561 g/mol. The van der Waals surface area contributed by atoms with Crippen molar-refractivity contribution in [2.24, 2.45) is 5.73 Å². The molecule has 0 bridgehead atoms. The molecular formula is C26H27Cl2N7O3S. The number of hydrogen-bond acceptors (Lipinski definition) is 8. The van der Waals surface area contributed by atoms with Crippen LogP contribution >= 0.6 is 34.5 Å². The van der Waals surface area contributed by atoms with Gasteiger partial charge in [-0.05, 0) is 36.6 Å². The molecule has 13 heteroatoms. The van der Waals surface area contributed by atoms with E-state index in [1.54, 1.807) is 34.1 Å². The maximum Gasteiger partial charge on any atom is 0.299 e. The molecule has 1 fully saturated rings. The number of rotatable bonds is 6. The van der Waals surface area contributed by atoms with Gasteiger partial charge in [0.25, 0.3) is 5.56 Å². The number of nitrogens with two attached hydrogens (primary N) is 1. The monoisotopic (exact) mass is 587 g/mol. The molecule has 6 rings (SSSR count). The lowest BCUT2D eigenvalue weighted by Crippen LogP contribution is -2.47. The third-order valence-electron chi connectivity index (χ3n) is 7.18. The molecule has 0 aliphatic carbocycles. The molecule has 39 heavy (non-hydrogen) atoms. The number of aromatic nitrogens is 4. The molecule has 1 amide bonds. The first-order valence-electron chi connectivity index (χ1n) is 12.8. The van der Waals surface area contributed by atoms with Crippen LogP contribution in [0.4, 0.5) is 5.69 Å². The van der Waals surface area contributed by atoms with E-state index in [0.717, 1.165) is 29.3 Å². The molecule has 0 spiro atoms. The lowest BCUT2D eigenvalue weighted by molar-refractivity contribution is -0.120. The van der Waals surface area contributed by atoms with Crippen LogP contribution in [0.15, 0.2) is 29.1 Å². The second kappa shape index (κ2) is 10.5. The molecule has 0 radical (unpaired) electrons. The number of nitrogens with one attached hydrogen (secondary N) is 1. The van der Waals surface area contributed by atoms with E-state index in [4.69, 9.17) is 38.7 Å². The molecule has 5 heterocycles. The van der Waals surface area contributed by atoms with Crippen LogP contribution in [0.25, 0.3) is 16.5 Å². The van der Waals surface area contributed by atoms with Crippen LogP contribution < -0.4 is 21.5 Å². The first kappa shape index (κ1) is 26.3. The van der Waals surface area contributed by atoms with Crippen LogP contribution in [0.2, 0.25) is 10.0 Å². The van der Waals surface area contributed by atoms with Crippen molar-refractivity contribution in [3.05, 3.63) is 66.4 Å². The zero-order valence-electron chi connectivity index (χ0n) is 21.2. The summed E-state index contributed by atoms with van der Waals surface area (Å²) < 4.78 is 8.63. The summed E-state index contributed by atoms with van der Waals surface area (Å²) in [6, 6.07) is 5.94. The van der Waals surface area contributed by atoms with Gasteiger partial charge in [-0.15, -0.1) is 16.4 Å². The van der Waals surface area contributed by atoms with E-state index in [-0.39, 0.29) is 11.3 Å². The van der Waals surface area contributed by atoms with Gasteiger partial charge in [0.1, 0.15) is 11.7 Å². The first-order valence-corrected chi connectivity index (χ1v) is 14.4. The number of thiophene rings is 1. The van der Waals surface area contributed by atoms with E-state index in [0.29, 0.717) is 65.5 Å². The van der Waals surface area contributed by atoms with Crippen LogP contribution in [-0.2, 0) is 29.0 Å². The Balaban J connectivity index is 1.65. The number of piperazine rings is 1. The Morgan fingerprint density at radius 3 is 2.74 bits per heavy atom. The van der Waals surface area contributed by atoms with Crippen molar-refractivity contribution in [2.75, 3.05) is 37.7 Å². The largest absolute Gasteiger partial charge is 0.376 e. The van der Waals surface area contributed by atoms with Gasteiger partial charge < -0.3 is 20.7 Å². The smallest absolute Gasteiger partial charge is 0.299 e. The molecule has 3 aromatic heterocycles. The summed E-state index contributed by atoms with van der Waals surface area (Å²) in [5.74, 6) is -0.00706. The predicted molar refractivity (Wildman–Crippen MR) is 152 cm³/mol. The number of primary amides is 1. The van der Waals surface area contributed by atoms with Gasteiger partial charge in [-0.1, -0.05) is 36.2 Å². The number of halogens is 2. The molecule has 1 aromatic carbocycles. The Morgan fingerprint density at radius 1 is 1.26 bits per heavy atom. The summed E-state index contributed by atoms with van der Waals surface area (Å²) in [4.78, 5) is 36.1. The molecule has 1 atom stereocenters. The second-order valence-electron chi connectivity index (χ2n) is 9.54. The highest BCUT2D eigenvalue weighted by Gasteiger charge is 2.32. The van der Waals surface area contributed by atoms with Gasteiger partial charge in [-0.25, -0.2) is 0 Å². The summed E-state index contributed by atoms with van der Waals surface area (Å²) in [7, 11) is 0. The standard InChI is InChI=1S/C26H27Cl2N7O3S/c1-2-18-22(33-8-6-30-7-9-33)25(37)35-26(31-24(32-35)19-11-14-5-10-38-13-20(14)39-19)34(18)21(23(29)36)16-4-3-15(27)12-17(16)28/h3-4,11-12,21,30H,2,5-10,13H2,1H3,(H2,29,36). The minimum absolute atomic E-state index is 0.225.